The zero-order valence-corrected chi connectivity index (χ0v) is 9.92. The molecule has 0 spiro atoms. The summed E-state index contributed by atoms with van der Waals surface area (Å²) in [6.07, 6.45) is 1.30. The van der Waals surface area contributed by atoms with Crippen molar-refractivity contribution in [2.75, 3.05) is 26.8 Å². The summed E-state index contributed by atoms with van der Waals surface area (Å²) in [6.45, 7) is 1.53. The lowest BCUT2D eigenvalue weighted by molar-refractivity contribution is 0.0690. The van der Waals surface area contributed by atoms with Crippen LogP contribution in [0.3, 0.4) is 0 Å². The Morgan fingerprint density at radius 3 is 2.78 bits per heavy atom. The van der Waals surface area contributed by atoms with Gasteiger partial charge < -0.3 is 20.5 Å². The molecule has 0 aliphatic carbocycles. The molecular weight excluding hydrogens is 242 g/mol. The monoisotopic (exact) mass is 257 g/mol. The van der Waals surface area contributed by atoms with E-state index in [9.17, 15) is 9.59 Å². The van der Waals surface area contributed by atoms with Crippen molar-refractivity contribution in [3.8, 4) is 0 Å². The summed E-state index contributed by atoms with van der Waals surface area (Å²) >= 11 is 0. The van der Waals surface area contributed by atoms with Crippen molar-refractivity contribution in [2.45, 2.75) is 6.54 Å². The zero-order chi connectivity index (χ0) is 13.4. The van der Waals surface area contributed by atoms with Crippen LogP contribution in [0.4, 0.5) is 4.79 Å². The Balaban J connectivity index is 2.20. The molecular formula is C9H15N5O4. The van der Waals surface area contributed by atoms with Crippen molar-refractivity contribution < 1.29 is 19.4 Å². The molecule has 0 saturated carbocycles. The Hall–Kier alpha value is -2.16. The van der Waals surface area contributed by atoms with E-state index in [1.807, 2.05) is 0 Å². The second-order valence-corrected chi connectivity index (χ2v) is 3.35. The lowest BCUT2D eigenvalue weighted by Gasteiger charge is -2.06. The van der Waals surface area contributed by atoms with Crippen molar-refractivity contribution in [1.82, 2.24) is 25.6 Å². The maximum Gasteiger partial charge on any atom is 0.358 e. The van der Waals surface area contributed by atoms with Crippen LogP contribution in [0, 0.1) is 0 Å². The third-order valence-corrected chi connectivity index (χ3v) is 1.98. The third kappa shape index (κ3) is 4.78. The smallest absolute Gasteiger partial charge is 0.358 e. The van der Waals surface area contributed by atoms with Gasteiger partial charge in [-0.05, 0) is 0 Å². The lowest BCUT2D eigenvalue weighted by Crippen LogP contribution is -2.38. The van der Waals surface area contributed by atoms with Crippen LogP contribution in [0.15, 0.2) is 6.20 Å². The molecule has 1 aromatic rings. The molecule has 0 unspecified atom stereocenters. The largest absolute Gasteiger partial charge is 0.476 e. The predicted molar refractivity (Wildman–Crippen MR) is 60.3 cm³/mol. The highest BCUT2D eigenvalue weighted by Crippen LogP contribution is 1.91. The second kappa shape index (κ2) is 7.22. The second-order valence-electron chi connectivity index (χ2n) is 3.35. The van der Waals surface area contributed by atoms with Gasteiger partial charge in [-0.2, -0.15) is 0 Å². The molecule has 18 heavy (non-hydrogen) atoms. The summed E-state index contributed by atoms with van der Waals surface area (Å²) in [5.74, 6) is -1.13. The molecule has 0 atom stereocenters. The van der Waals surface area contributed by atoms with Gasteiger partial charge in [-0.25, -0.2) is 14.3 Å². The number of aromatic carboxylic acids is 1. The lowest BCUT2D eigenvalue weighted by atomic mass is 10.5. The van der Waals surface area contributed by atoms with Crippen LogP contribution in [-0.4, -0.2) is 58.9 Å². The number of methoxy groups -OCH3 is 1. The summed E-state index contributed by atoms with van der Waals surface area (Å²) in [6, 6.07) is -0.314. The number of urea groups is 1. The van der Waals surface area contributed by atoms with Gasteiger partial charge in [-0.1, -0.05) is 5.21 Å². The normalized spacial score (nSPS) is 10.1. The van der Waals surface area contributed by atoms with Gasteiger partial charge in [-0.15, -0.1) is 5.10 Å². The number of nitrogens with one attached hydrogen (secondary N) is 2. The summed E-state index contributed by atoms with van der Waals surface area (Å²) in [7, 11) is 1.55. The van der Waals surface area contributed by atoms with Gasteiger partial charge in [0.1, 0.15) is 0 Å². The van der Waals surface area contributed by atoms with Crippen LogP contribution < -0.4 is 10.6 Å². The van der Waals surface area contributed by atoms with Gasteiger partial charge in [0.15, 0.2) is 5.69 Å². The number of carboxylic acids is 1. The van der Waals surface area contributed by atoms with Crippen molar-refractivity contribution in [3.63, 3.8) is 0 Å². The molecule has 1 rings (SSSR count). The number of carbonyl (C=O) groups is 2. The molecule has 100 valence electrons. The Kier molecular flexibility index (Phi) is 5.58. The molecule has 9 heteroatoms. The van der Waals surface area contributed by atoms with Gasteiger partial charge in [0, 0.05) is 20.2 Å². The molecule has 0 aliphatic heterocycles. The summed E-state index contributed by atoms with van der Waals surface area (Å²) in [5, 5.41) is 20.8. The Morgan fingerprint density at radius 1 is 1.44 bits per heavy atom. The van der Waals surface area contributed by atoms with Gasteiger partial charge in [0.25, 0.3) is 0 Å². The topological polar surface area (TPSA) is 118 Å². The predicted octanol–water partition coefficient (Wildman–Crippen LogP) is -1.08. The fourth-order valence-electron chi connectivity index (χ4n) is 1.12. The zero-order valence-electron chi connectivity index (χ0n) is 9.92. The SMILES string of the molecule is COCCNC(=O)NCCn1cc(C(=O)O)nn1. The summed E-state index contributed by atoms with van der Waals surface area (Å²) in [5.41, 5.74) is -0.125. The molecule has 0 aromatic carbocycles. The van der Waals surface area contributed by atoms with Crippen LogP contribution in [0.5, 0.6) is 0 Å². The number of rotatable bonds is 7. The van der Waals surface area contributed by atoms with Gasteiger partial charge in [-0.3, -0.25) is 0 Å². The number of carbonyl (C=O) groups excluding carboxylic acids is 1. The van der Waals surface area contributed by atoms with Crippen LogP contribution in [0.2, 0.25) is 0 Å². The Bertz CT molecular complexity index is 405. The van der Waals surface area contributed by atoms with Crippen LogP contribution in [0.1, 0.15) is 10.5 Å². The van der Waals surface area contributed by atoms with Crippen molar-refractivity contribution in [3.05, 3.63) is 11.9 Å². The molecule has 0 saturated heterocycles. The van der Waals surface area contributed by atoms with E-state index >= 15 is 0 Å². The molecule has 1 heterocycles. The van der Waals surface area contributed by atoms with Gasteiger partial charge in [0.05, 0.1) is 19.3 Å². The number of carboxylic acid groups (broad SMARTS) is 1. The van der Waals surface area contributed by atoms with Gasteiger partial charge in [0.2, 0.25) is 0 Å². The highest BCUT2D eigenvalue weighted by Gasteiger charge is 2.07. The maximum atomic E-state index is 11.2. The van der Waals surface area contributed by atoms with E-state index in [1.165, 1.54) is 10.9 Å². The number of hydrogen-bond donors (Lipinski definition) is 3. The van der Waals surface area contributed by atoms with Crippen LogP contribution in [-0.2, 0) is 11.3 Å². The number of ether oxygens (including phenoxy) is 1. The highest BCUT2D eigenvalue weighted by molar-refractivity contribution is 5.84. The minimum absolute atomic E-state index is 0.125. The number of amides is 2. The first kappa shape index (κ1) is 13.9. The van der Waals surface area contributed by atoms with E-state index in [0.29, 0.717) is 26.2 Å². The quantitative estimate of drug-likeness (QED) is 0.535. The van der Waals surface area contributed by atoms with Crippen molar-refractivity contribution in [1.29, 1.82) is 0 Å². The number of hydrogen-bond acceptors (Lipinski definition) is 5. The van der Waals surface area contributed by atoms with E-state index in [2.05, 4.69) is 20.9 Å². The fourth-order valence-corrected chi connectivity index (χ4v) is 1.12. The van der Waals surface area contributed by atoms with E-state index in [0.717, 1.165) is 0 Å². The van der Waals surface area contributed by atoms with E-state index in [4.69, 9.17) is 9.84 Å². The molecule has 3 N–H and O–H groups in total. The average Bonchev–Trinajstić information content (AvgIpc) is 2.78. The number of nitrogens with zero attached hydrogens (tertiary/aromatic N) is 3. The van der Waals surface area contributed by atoms with E-state index < -0.39 is 5.97 Å². The first-order valence-corrected chi connectivity index (χ1v) is 5.27. The third-order valence-electron chi connectivity index (χ3n) is 1.98. The van der Waals surface area contributed by atoms with Gasteiger partial charge >= 0.3 is 12.0 Å². The van der Waals surface area contributed by atoms with E-state index in [1.54, 1.807) is 7.11 Å². The molecule has 9 nitrogen and oxygen atoms in total. The standard InChI is InChI=1S/C9H15N5O4/c1-18-5-3-11-9(17)10-2-4-14-6-7(8(15)16)12-13-14/h6H,2-5H2,1H3,(H,15,16)(H2,10,11,17). The van der Waals surface area contributed by atoms with Crippen molar-refractivity contribution in [2.24, 2.45) is 0 Å². The Labute approximate surface area is 103 Å². The molecule has 1 aromatic heterocycles. The van der Waals surface area contributed by atoms with Crippen LogP contribution in [0.25, 0.3) is 0 Å². The van der Waals surface area contributed by atoms with E-state index in [-0.39, 0.29) is 11.7 Å². The maximum absolute atomic E-state index is 11.2. The molecule has 0 fully saturated rings. The van der Waals surface area contributed by atoms with Crippen LogP contribution >= 0.6 is 0 Å². The summed E-state index contributed by atoms with van der Waals surface area (Å²) < 4.78 is 6.12. The molecule has 0 radical (unpaired) electrons. The molecule has 0 bridgehead atoms. The fraction of sp³-hybridized carbons (Fsp3) is 0.556. The highest BCUT2D eigenvalue weighted by atomic mass is 16.5. The number of aromatic nitrogens is 3. The minimum atomic E-state index is -1.13. The molecule has 0 aliphatic rings. The first-order chi connectivity index (χ1) is 8.63. The molecule has 2 amide bonds. The minimum Gasteiger partial charge on any atom is -0.476 e. The van der Waals surface area contributed by atoms with Crippen molar-refractivity contribution >= 4 is 12.0 Å². The Morgan fingerprint density at radius 2 is 2.17 bits per heavy atom. The first-order valence-electron chi connectivity index (χ1n) is 5.27. The summed E-state index contributed by atoms with van der Waals surface area (Å²) in [4.78, 5) is 21.7. The average molecular weight is 257 g/mol.